The second-order valence-corrected chi connectivity index (χ2v) is 3.26. The molecule has 2 aromatic rings. The zero-order valence-corrected chi connectivity index (χ0v) is 8.84. The number of rotatable bonds is 4. The number of anilines is 2. The van der Waals surface area contributed by atoms with E-state index >= 15 is 0 Å². The van der Waals surface area contributed by atoms with E-state index in [0.717, 1.165) is 5.69 Å². The van der Waals surface area contributed by atoms with Gasteiger partial charge in [0.25, 0.3) is 0 Å². The lowest BCUT2D eigenvalue weighted by atomic mass is 10.4. The third-order valence-corrected chi connectivity index (χ3v) is 1.92. The van der Waals surface area contributed by atoms with E-state index in [0.29, 0.717) is 24.7 Å². The van der Waals surface area contributed by atoms with Crippen LogP contribution in [0.4, 0.5) is 11.8 Å². The van der Waals surface area contributed by atoms with Gasteiger partial charge >= 0.3 is 0 Å². The van der Waals surface area contributed by atoms with Crippen molar-refractivity contribution in [2.45, 2.75) is 13.3 Å². The van der Waals surface area contributed by atoms with Crippen LogP contribution in [0, 0.1) is 6.92 Å². The molecule has 16 heavy (non-hydrogen) atoms. The highest BCUT2D eigenvalue weighted by atomic mass is 16.5. The topological polar surface area (TPSA) is 103 Å². The molecule has 0 amide bonds. The Morgan fingerprint density at radius 3 is 3.00 bits per heavy atom. The third-order valence-electron chi connectivity index (χ3n) is 1.92. The van der Waals surface area contributed by atoms with E-state index in [-0.39, 0.29) is 5.95 Å². The molecule has 0 spiro atoms. The summed E-state index contributed by atoms with van der Waals surface area (Å²) >= 11 is 0. The van der Waals surface area contributed by atoms with Crippen LogP contribution in [0.25, 0.3) is 0 Å². The van der Waals surface area contributed by atoms with Crippen LogP contribution in [0.2, 0.25) is 0 Å². The first-order valence-electron chi connectivity index (χ1n) is 4.84. The SMILES string of the molecule is Cc1cc(NCCc2ncno2)nc(N)n1. The molecule has 3 N–H and O–H groups in total. The van der Waals surface area contributed by atoms with Crippen molar-refractivity contribution < 1.29 is 4.52 Å². The van der Waals surface area contributed by atoms with E-state index in [1.807, 2.05) is 13.0 Å². The van der Waals surface area contributed by atoms with Crippen LogP contribution in [0.5, 0.6) is 0 Å². The molecule has 0 aliphatic heterocycles. The van der Waals surface area contributed by atoms with Gasteiger partial charge in [0, 0.05) is 24.7 Å². The monoisotopic (exact) mass is 220 g/mol. The molecule has 2 heterocycles. The zero-order valence-electron chi connectivity index (χ0n) is 8.84. The molecular weight excluding hydrogens is 208 g/mol. The fraction of sp³-hybridized carbons (Fsp3) is 0.333. The summed E-state index contributed by atoms with van der Waals surface area (Å²) in [5.74, 6) is 1.55. The Morgan fingerprint density at radius 1 is 1.44 bits per heavy atom. The lowest BCUT2D eigenvalue weighted by molar-refractivity contribution is 0.379. The zero-order chi connectivity index (χ0) is 11.4. The number of nitrogens with one attached hydrogen (secondary N) is 1. The Hall–Kier alpha value is -2.18. The summed E-state index contributed by atoms with van der Waals surface area (Å²) in [7, 11) is 0. The van der Waals surface area contributed by atoms with Crippen LogP contribution in [-0.4, -0.2) is 26.7 Å². The molecule has 2 rings (SSSR count). The number of nitrogens with zero attached hydrogens (tertiary/aromatic N) is 4. The molecule has 0 fully saturated rings. The van der Waals surface area contributed by atoms with Crippen molar-refractivity contribution in [2.24, 2.45) is 0 Å². The molecule has 7 nitrogen and oxygen atoms in total. The first-order valence-corrected chi connectivity index (χ1v) is 4.84. The highest BCUT2D eigenvalue weighted by Crippen LogP contribution is 2.06. The average Bonchev–Trinajstić information content (AvgIpc) is 2.69. The van der Waals surface area contributed by atoms with Gasteiger partial charge in [0.05, 0.1) is 0 Å². The van der Waals surface area contributed by atoms with Gasteiger partial charge < -0.3 is 15.6 Å². The van der Waals surface area contributed by atoms with Crippen molar-refractivity contribution in [3.63, 3.8) is 0 Å². The highest BCUT2D eigenvalue weighted by molar-refractivity contribution is 5.40. The van der Waals surface area contributed by atoms with E-state index in [1.54, 1.807) is 0 Å². The lowest BCUT2D eigenvalue weighted by Gasteiger charge is -2.04. The molecule has 0 atom stereocenters. The molecule has 0 aliphatic rings. The lowest BCUT2D eigenvalue weighted by Crippen LogP contribution is -2.08. The number of aromatic nitrogens is 4. The Labute approximate surface area is 92.1 Å². The minimum atomic E-state index is 0.264. The molecule has 2 aromatic heterocycles. The molecule has 0 saturated carbocycles. The Kier molecular flexibility index (Phi) is 2.95. The fourth-order valence-corrected chi connectivity index (χ4v) is 1.29. The minimum absolute atomic E-state index is 0.264. The smallest absolute Gasteiger partial charge is 0.228 e. The molecule has 0 aromatic carbocycles. The van der Waals surface area contributed by atoms with E-state index in [9.17, 15) is 0 Å². The van der Waals surface area contributed by atoms with Crippen molar-refractivity contribution in [1.29, 1.82) is 0 Å². The van der Waals surface area contributed by atoms with Gasteiger partial charge in [-0.1, -0.05) is 5.16 Å². The first kappa shape index (κ1) is 10.3. The summed E-state index contributed by atoms with van der Waals surface area (Å²) in [4.78, 5) is 11.9. The number of nitrogen functional groups attached to an aromatic ring is 1. The van der Waals surface area contributed by atoms with Gasteiger partial charge in [-0.05, 0) is 6.92 Å². The normalized spacial score (nSPS) is 10.3. The quantitative estimate of drug-likeness (QED) is 0.768. The van der Waals surface area contributed by atoms with Crippen molar-refractivity contribution in [2.75, 3.05) is 17.6 Å². The molecule has 0 saturated heterocycles. The summed E-state index contributed by atoms with van der Waals surface area (Å²) < 4.78 is 4.86. The molecule has 0 unspecified atom stereocenters. The van der Waals surface area contributed by atoms with Crippen molar-refractivity contribution in [1.82, 2.24) is 20.1 Å². The van der Waals surface area contributed by atoms with Crippen molar-refractivity contribution in [3.05, 3.63) is 24.0 Å². The molecule has 0 radical (unpaired) electrons. The Bertz CT molecular complexity index is 435. The van der Waals surface area contributed by atoms with Crippen LogP contribution in [0.15, 0.2) is 16.9 Å². The maximum atomic E-state index is 5.52. The van der Waals surface area contributed by atoms with Crippen LogP contribution in [-0.2, 0) is 6.42 Å². The van der Waals surface area contributed by atoms with E-state index in [1.165, 1.54) is 6.33 Å². The predicted molar refractivity (Wildman–Crippen MR) is 57.7 cm³/mol. The molecule has 7 heteroatoms. The number of hydrogen-bond donors (Lipinski definition) is 2. The highest BCUT2D eigenvalue weighted by Gasteiger charge is 2.01. The summed E-state index contributed by atoms with van der Waals surface area (Å²) in [6.07, 6.45) is 2.02. The second kappa shape index (κ2) is 4.56. The summed E-state index contributed by atoms with van der Waals surface area (Å²) in [6.45, 7) is 2.51. The fourth-order valence-electron chi connectivity index (χ4n) is 1.29. The number of aryl methyl sites for hydroxylation is 1. The van der Waals surface area contributed by atoms with Crippen LogP contribution >= 0.6 is 0 Å². The van der Waals surface area contributed by atoms with Crippen molar-refractivity contribution in [3.8, 4) is 0 Å². The van der Waals surface area contributed by atoms with Gasteiger partial charge in [-0.25, -0.2) is 4.98 Å². The maximum absolute atomic E-state index is 5.52. The first-order chi connectivity index (χ1) is 7.74. The molecule has 84 valence electrons. The van der Waals surface area contributed by atoms with E-state index in [2.05, 4.69) is 25.4 Å². The minimum Gasteiger partial charge on any atom is -0.369 e. The van der Waals surface area contributed by atoms with Gasteiger partial charge in [0.15, 0.2) is 6.33 Å². The van der Waals surface area contributed by atoms with Gasteiger partial charge in [0.1, 0.15) is 5.82 Å². The Balaban J connectivity index is 1.89. The van der Waals surface area contributed by atoms with Gasteiger partial charge in [0.2, 0.25) is 11.8 Å². The van der Waals surface area contributed by atoms with Crippen LogP contribution in [0.1, 0.15) is 11.6 Å². The molecule has 0 bridgehead atoms. The summed E-state index contributed by atoms with van der Waals surface area (Å²) in [5, 5.41) is 6.62. The van der Waals surface area contributed by atoms with E-state index in [4.69, 9.17) is 10.3 Å². The van der Waals surface area contributed by atoms with Gasteiger partial charge in [-0.3, -0.25) is 0 Å². The van der Waals surface area contributed by atoms with E-state index < -0.39 is 0 Å². The standard InChI is InChI=1S/C9H12N6O/c1-6-4-7(15-9(10)14-6)11-3-2-8-12-5-13-16-8/h4-5H,2-3H2,1H3,(H3,10,11,14,15). The Morgan fingerprint density at radius 2 is 2.31 bits per heavy atom. The van der Waals surface area contributed by atoms with Gasteiger partial charge in [-0.15, -0.1) is 0 Å². The number of hydrogen-bond acceptors (Lipinski definition) is 7. The van der Waals surface area contributed by atoms with Gasteiger partial charge in [-0.2, -0.15) is 9.97 Å². The average molecular weight is 220 g/mol. The third kappa shape index (κ3) is 2.66. The second-order valence-electron chi connectivity index (χ2n) is 3.26. The predicted octanol–water partition coefficient (Wildman–Crippen LogP) is 0.405. The van der Waals surface area contributed by atoms with Crippen molar-refractivity contribution >= 4 is 11.8 Å². The van der Waals surface area contributed by atoms with Crippen LogP contribution < -0.4 is 11.1 Å². The number of nitrogens with two attached hydrogens (primary N) is 1. The summed E-state index contributed by atoms with van der Waals surface area (Å²) in [5.41, 5.74) is 6.35. The largest absolute Gasteiger partial charge is 0.369 e. The molecular formula is C9H12N6O. The van der Waals surface area contributed by atoms with Crippen LogP contribution in [0.3, 0.4) is 0 Å². The maximum Gasteiger partial charge on any atom is 0.228 e. The summed E-state index contributed by atoms with van der Waals surface area (Å²) in [6, 6.07) is 1.82. The molecule has 0 aliphatic carbocycles.